The average Bonchev–Trinajstić information content (AvgIpc) is 3.39. The predicted octanol–water partition coefficient (Wildman–Crippen LogP) is 3.71. The Labute approximate surface area is 257 Å². The van der Waals surface area contributed by atoms with Gasteiger partial charge in [-0.1, -0.05) is 11.6 Å². The second kappa shape index (κ2) is 12.4. The molecular formula is C30H38ClN7O4S. The maximum absolute atomic E-state index is 13.8. The number of aryl methyl sites for hydroxylation is 1. The number of nitrogens with one attached hydrogen (secondary N) is 3. The van der Waals surface area contributed by atoms with Crippen LogP contribution in [0.5, 0.6) is 0 Å². The van der Waals surface area contributed by atoms with Gasteiger partial charge in [0.2, 0.25) is 10.0 Å². The molecule has 0 aliphatic carbocycles. The lowest BCUT2D eigenvalue weighted by Crippen LogP contribution is -2.44. The fourth-order valence-corrected chi connectivity index (χ4v) is 7.82. The highest BCUT2D eigenvalue weighted by atomic mass is 35.5. The van der Waals surface area contributed by atoms with Gasteiger partial charge in [-0.15, -0.1) is 0 Å². The first-order valence-electron chi connectivity index (χ1n) is 14.7. The van der Waals surface area contributed by atoms with Gasteiger partial charge in [-0.2, -0.15) is 9.40 Å². The molecule has 2 fully saturated rings. The minimum Gasteiger partial charge on any atom is -0.381 e. The van der Waals surface area contributed by atoms with Crippen LogP contribution in [0.3, 0.4) is 0 Å². The summed E-state index contributed by atoms with van der Waals surface area (Å²) < 4.78 is 34.0. The van der Waals surface area contributed by atoms with Gasteiger partial charge in [-0.25, -0.2) is 8.42 Å². The molecule has 11 nitrogen and oxygen atoms in total. The van der Waals surface area contributed by atoms with Crippen molar-refractivity contribution in [2.24, 2.45) is 0 Å². The second-order valence-corrected chi connectivity index (χ2v) is 14.0. The number of carbonyl (C=O) groups is 1. The number of fused-ring (bicyclic) bond motifs is 1. The van der Waals surface area contributed by atoms with Crippen LogP contribution in [0.1, 0.15) is 40.0 Å². The van der Waals surface area contributed by atoms with Crippen LogP contribution >= 0.6 is 11.6 Å². The highest BCUT2D eigenvalue weighted by molar-refractivity contribution is 7.89. The van der Waals surface area contributed by atoms with Gasteiger partial charge in [0.05, 0.1) is 10.5 Å². The number of aromatic nitrogens is 2. The zero-order chi connectivity index (χ0) is 30.1. The van der Waals surface area contributed by atoms with Crippen LogP contribution in [0.25, 0.3) is 0 Å². The molecule has 0 saturated carbocycles. The van der Waals surface area contributed by atoms with Gasteiger partial charge in [-0.3, -0.25) is 9.89 Å². The maximum Gasteiger partial charge on any atom is 0.258 e. The van der Waals surface area contributed by atoms with E-state index < -0.39 is 10.0 Å². The minimum atomic E-state index is -3.80. The molecule has 0 spiro atoms. The van der Waals surface area contributed by atoms with Crippen molar-refractivity contribution < 1.29 is 17.9 Å². The number of likely N-dealkylation sites (N-methyl/N-ethyl adjacent to an activating group) is 1. The number of rotatable bonds is 7. The lowest BCUT2D eigenvalue weighted by molar-refractivity contribution is 0.0904. The molecule has 6 rings (SSSR count). The zero-order valence-corrected chi connectivity index (χ0v) is 26.1. The molecule has 1 aromatic heterocycles. The molecule has 230 valence electrons. The predicted molar refractivity (Wildman–Crippen MR) is 168 cm³/mol. The summed E-state index contributed by atoms with van der Waals surface area (Å²) in [5.41, 5.74) is 4.60. The monoisotopic (exact) mass is 627 g/mol. The van der Waals surface area contributed by atoms with Crippen LogP contribution in [0.2, 0.25) is 5.02 Å². The van der Waals surface area contributed by atoms with E-state index in [1.807, 2.05) is 19.1 Å². The number of H-pyrrole nitrogens is 1. The summed E-state index contributed by atoms with van der Waals surface area (Å²) in [4.78, 5) is 18.6. The molecule has 43 heavy (non-hydrogen) atoms. The summed E-state index contributed by atoms with van der Waals surface area (Å²) in [6.45, 7) is 7.38. The van der Waals surface area contributed by atoms with Crippen LogP contribution in [-0.4, -0.2) is 92.8 Å². The van der Waals surface area contributed by atoms with E-state index in [2.05, 4.69) is 43.7 Å². The second-order valence-electron chi connectivity index (χ2n) is 11.6. The summed E-state index contributed by atoms with van der Waals surface area (Å²) >= 11 is 6.17. The van der Waals surface area contributed by atoms with Crippen molar-refractivity contribution in [2.45, 2.75) is 43.7 Å². The van der Waals surface area contributed by atoms with E-state index in [0.29, 0.717) is 48.1 Å². The third-order valence-corrected chi connectivity index (χ3v) is 10.5. The SMILES string of the molecule is Cc1cc(Cl)cc(S(=O)(=O)N2CCc3[nH]nc(NC(=O)c4ccc(N5CCN(C)CC5)cc4NC4CCOCC4)c3C2)c1. The van der Waals surface area contributed by atoms with E-state index >= 15 is 0 Å². The number of nitrogens with zero attached hydrogens (tertiary/aromatic N) is 4. The number of amides is 1. The Morgan fingerprint density at radius 3 is 2.58 bits per heavy atom. The first-order chi connectivity index (χ1) is 20.7. The molecule has 2 saturated heterocycles. The maximum atomic E-state index is 13.8. The number of carbonyl (C=O) groups excluding carboxylic acids is 1. The molecule has 3 aliphatic heterocycles. The Hall–Kier alpha value is -3.16. The zero-order valence-electron chi connectivity index (χ0n) is 24.5. The van der Waals surface area contributed by atoms with Crippen molar-refractivity contribution in [2.75, 3.05) is 68.5 Å². The van der Waals surface area contributed by atoms with Gasteiger partial charge in [0.1, 0.15) is 0 Å². The summed E-state index contributed by atoms with van der Waals surface area (Å²) in [7, 11) is -1.67. The van der Waals surface area contributed by atoms with Crippen LogP contribution in [0.4, 0.5) is 17.2 Å². The summed E-state index contributed by atoms with van der Waals surface area (Å²) in [6.07, 6.45) is 2.18. The average molecular weight is 628 g/mol. The number of sulfonamides is 1. The largest absolute Gasteiger partial charge is 0.381 e. The molecular weight excluding hydrogens is 590 g/mol. The van der Waals surface area contributed by atoms with Gasteiger partial charge in [-0.05, 0) is 68.8 Å². The molecule has 0 unspecified atom stereocenters. The molecule has 4 heterocycles. The molecule has 1 amide bonds. The van der Waals surface area contributed by atoms with Gasteiger partial charge < -0.3 is 25.2 Å². The first kappa shape index (κ1) is 29.9. The van der Waals surface area contributed by atoms with Crippen molar-refractivity contribution in [3.63, 3.8) is 0 Å². The number of halogens is 1. The number of benzene rings is 2. The molecule has 3 N–H and O–H groups in total. The third kappa shape index (κ3) is 6.53. The Bertz CT molecular complexity index is 1580. The van der Waals surface area contributed by atoms with Crippen molar-refractivity contribution in [1.29, 1.82) is 0 Å². The fraction of sp³-hybridized carbons (Fsp3) is 0.467. The van der Waals surface area contributed by atoms with Gasteiger partial charge in [0.15, 0.2) is 5.82 Å². The van der Waals surface area contributed by atoms with Crippen LogP contribution in [0, 0.1) is 6.92 Å². The van der Waals surface area contributed by atoms with Crippen molar-refractivity contribution in [3.05, 3.63) is 63.8 Å². The summed E-state index contributed by atoms with van der Waals surface area (Å²) in [6, 6.07) is 10.9. The molecule has 3 aromatic rings. The Kier molecular flexibility index (Phi) is 8.65. The lowest BCUT2D eigenvalue weighted by Gasteiger charge is -2.34. The van der Waals surface area contributed by atoms with Crippen molar-refractivity contribution in [3.8, 4) is 0 Å². The number of piperazine rings is 1. The van der Waals surface area contributed by atoms with Crippen molar-refractivity contribution in [1.82, 2.24) is 19.4 Å². The lowest BCUT2D eigenvalue weighted by atomic mass is 10.1. The Balaban J connectivity index is 1.24. The minimum absolute atomic E-state index is 0.0882. The number of hydrogen-bond donors (Lipinski definition) is 3. The van der Waals surface area contributed by atoms with E-state index in [9.17, 15) is 13.2 Å². The highest BCUT2D eigenvalue weighted by Gasteiger charge is 2.32. The van der Waals surface area contributed by atoms with Crippen LogP contribution < -0.4 is 15.5 Å². The summed E-state index contributed by atoms with van der Waals surface area (Å²) in [5.74, 6) is 0.0292. The van der Waals surface area contributed by atoms with Gasteiger partial charge in [0.25, 0.3) is 5.91 Å². The number of hydrogen-bond acceptors (Lipinski definition) is 8. The van der Waals surface area contributed by atoms with Gasteiger partial charge >= 0.3 is 0 Å². The van der Waals surface area contributed by atoms with E-state index in [1.165, 1.54) is 10.4 Å². The van der Waals surface area contributed by atoms with Gasteiger partial charge in [0, 0.05) is 92.6 Å². The van der Waals surface area contributed by atoms with Crippen molar-refractivity contribution >= 4 is 44.7 Å². The molecule has 2 aromatic carbocycles. The van der Waals surface area contributed by atoms with E-state index in [1.54, 1.807) is 12.1 Å². The topological polar surface area (TPSA) is 123 Å². The smallest absolute Gasteiger partial charge is 0.258 e. The van der Waals surface area contributed by atoms with Crippen LogP contribution in [-0.2, 0) is 27.7 Å². The van der Waals surface area contributed by atoms with E-state index in [4.69, 9.17) is 16.3 Å². The standard InChI is InChI=1S/C30H38ClN7O4S/c1-20-15-21(31)17-24(16-20)43(40,41)38-8-5-27-26(19-38)29(35-34-27)33-30(39)25-4-3-23(37-11-9-36(2)10-12-37)18-28(25)32-22-6-13-42-14-7-22/h3-4,15-18,22,32H,5-14,19H2,1-2H3,(H2,33,34,35,39). The fourth-order valence-electron chi connectivity index (χ4n) is 5.93. The normalized spacial score (nSPS) is 18.8. The molecule has 13 heteroatoms. The van der Waals surface area contributed by atoms with Crippen LogP contribution in [0.15, 0.2) is 41.3 Å². The molecule has 0 radical (unpaired) electrons. The quantitative estimate of drug-likeness (QED) is 0.362. The van der Waals surface area contributed by atoms with E-state index in [-0.39, 0.29) is 23.4 Å². The summed E-state index contributed by atoms with van der Waals surface area (Å²) in [5, 5.41) is 14.3. The van der Waals surface area contributed by atoms with E-state index in [0.717, 1.165) is 61.7 Å². The molecule has 3 aliphatic rings. The first-order valence-corrected chi connectivity index (χ1v) is 16.6. The Morgan fingerprint density at radius 2 is 1.84 bits per heavy atom. The Morgan fingerprint density at radius 1 is 1.07 bits per heavy atom. The molecule has 0 bridgehead atoms. The molecule has 0 atom stereocenters. The number of ether oxygens (including phenoxy) is 1. The number of anilines is 3. The number of aromatic amines is 1. The third-order valence-electron chi connectivity index (χ3n) is 8.48. The highest BCUT2D eigenvalue weighted by Crippen LogP contribution is 2.32.